The molecular formula is C20H20FN3O5S. The lowest BCUT2D eigenvalue weighted by Gasteiger charge is -2.14. The minimum atomic E-state index is -3.75. The SMILES string of the molecule is CON(C)S(=O)(=O)c1ccc(NC(=O)CCc2ncc(-c3ccc(F)cc3)o2)cc1. The fraction of sp³-hybridized carbons (Fsp3) is 0.200. The summed E-state index contributed by atoms with van der Waals surface area (Å²) in [7, 11) is -1.21. The number of aromatic nitrogens is 1. The third-order valence-electron chi connectivity index (χ3n) is 4.28. The molecule has 1 heterocycles. The van der Waals surface area contributed by atoms with E-state index in [1.165, 1.54) is 56.8 Å². The van der Waals surface area contributed by atoms with Crippen LogP contribution in [-0.2, 0) is 26.1 Å². The number of sulfonamides is 1. The van der Waals surface area contributed by atoms with E-state index in [0.717, 1.165) is 4.47 Å². The molecule has 10 heteroatoms. The highest BCUT2D eigenvalue weighted by Gasteiger charge is 2.20. The molecule has 0 fully saturated rings. The molecule has 0 bridgehead atoms. The van der Waals surface area contributed by atoms with Crippen LogP contribution < -0.4 is 5.32 Å². The van der Waals surface area contributed by atoms with Gasteiger partial charge in [0, 0.05) is 31.1 Å². The normalized spacial score (nSPS) is 11.6. The summed E-state index contributed by atoms with van der Waals surface area (Å²) < 4.78 is 43.7. The molecule has 0 aliphatic heterocycles. The van der Waals surface area contributed by atoms with Gasteiger partial charge in [0.05, 0.1) is 18.2 Å². The van der Waals surface area contributed by atoms with E-state index in [-0.39, 0.29) is 29.5 Å². The van der Waals surface area contributed by atoms with Gasteiger partial charge in [-0.2, -0.15) is 0 Å². The number of aryl methyl sites for hydroxylation is 1. The summed E-state index contributed by atoms with van der Waals surface area (Å²) in [5.41, 5.74) is 1.15. The third-order valence-corrected chi connectivity index (χ3v) is 5.97. The quantitative estimate of drug-likeness (QED) is 0.547. The van der Waals surface area contributed by atoms with Gasteiger partial charge in [-0.15, -0.1) is 0 Å². The Morgan fingerprint density at radius 1 is 1.17 bits per heavy atom. The lowest BCUT2D eigenvalue weighted by Crippen LogP contribution is -2.25. The van der Waals surface area contributed by atoms with E-state index in [1.54, 1.807) is 12.1 Å². The number of benzene rings is 2. The van der Waals surface area contributed by atoms with E-state index in [1.807, 2.05) is 0 Å². The van der Waals surface area contributed by atoms with Crippen molar-refractivity contribution in [1.29, 1.82) is 0 Å². The average molecular weight is 433 g/mol. The van der Waals surface area contributed by atoms with Crippen molar-refractivity contribution in [3.63, 3.8) is 0 Å². The summed E-state index contributed by atoms with van der Waals surface area (Å²) in [6.07, 6.45) is 1.92. The van der Waals surface area contributed by atoms with E-state index in [2.05, 4.69) is 10.3 Å². The number of nitrogens with one attached hydrogen (secondary N) is 1. The monoisotopic (exact) mass is 433 g/mol. The minimum Gasteiger partial charge on any atom is -0.441 e. The van der Waals surface area contributed by atoms with Crippen molar-refractivity contribution in [1.82, 2.24) is 9.45 Å². The Morgan fingerprint density at radius 3 is 2.47 bits per heavy atom. The second-order valence-corrected chi connectivity index (χ2v) is 8.23. The fourth-order valence-corrected chi connectivity index (χ4v) is 3.55. The van der Waals surface area contributed by atoms with E-state index in [0.29, 0.717) is 22.9 Å². The molecule has 0 unspecified atom stereocenters. The molecule has 2 aromatic carbocycles. The van der Waals surface area contributed by atoms with E-state index >= 15 is 0 Å². The molecule has 0 saturated heterocycles. The maximum Gasteiger partial charge on any atom is 0.264 e. The Bertz CT molecular complexity index is 1110. The first-order chi connectivity index (χ1) is 14.3. The Hall–Kier alpha value is -3.08. The Labute approximate surface area is 173 Å². The first-order valence-corrected chi connectivity index (χ1v) is 10.4. The Kier molecular flexibility index (Phi) is 6.60. The number of hydrogen-bond acceptors (Lipinski definition) is 6. The summed E-state index contributed by atoms with van der Waals surface area (Å²) >= 11 is 0. The number of nitrogens with zero attached hydrogens (tertiary/aromatic N) is 2. The molecule has 0 saturated carbocycles. The topological polar surface area (TPSA) is 102 Å². The highest BCUT2D eigenvalue weighted by Crippen LogP contribution is 2.21. The van der Waals surface area contributed by atoms with Gasteiger partial charge in [0.2, 0.25) is 5.91 Å². The van der Waals surface area contributed by atoms with Crippen LogP contribution in [0.25, 0.3) is 11.3 Å². The van der Waals surface area contributed by atoms with Crippen LogP contribution in [0.15, 0.2) is 64.0 Å². The fourth-order valence-electron chi connectivity index (χ4n) is 2.57. The van der Waals surface area contributed by atoms with Crippen molar-refractivity contribution < 1.29 is 26.9 Å². The van der Waals surface area contributed by atoms with Gasteiger partial charge in [-0.3, -0.25) is 9.63 Å². The van der Waals surface area contributed by atoms with Crippen molar-refractivity contribution in [2.45, 2.75) is 17.7 Å². The molecule has 1 N–H and O–H groups in total. The van der Waals surface area contributed by atoms with Crippen LogP contribution in [0.2, 0.25) is 0 Å². The third kappa shape index (κ3) is 5.09. The Morgan fingerprint density at radius 2 is 1.83 bits per heavy atom. The highest BCUT2D eigenvalue weighted by molar-refractivity contribution is 7.89. The van der Waals surface area contributed by atoms with Crippen molar-refractivity contribution in [2.75, 3.05) is 19.5 Å². The van der Waals surface area contributed by atoms with Gasteiger partial charge >= 0.3 is 0 Å². The summed E-state index contributed by atoms with van der Waals surface area (Å²) in [5.74, 6) is 0.254. The molecule has 1 amide bonds. The molecule has 0 spiro atoms. The van der Waals surface area contributed by atoms with Crippen molar-refractivity contribution >= 4 is 21.6 Å². The van der Waals surface area contributed by atoms with Crippen LogP contribution in [0.1, 0.15) is 12.3 Å². The summed E-state index contributed by atoms with van der Waals surface area (Å²) in [6, 6.07) is 11.6. The number of oxazole rings is 1. The van der Waals surface area contributed by atoms with Gasteiger partial charge in [-0.1, -0.05) is 4.47 Å². The number of rotatable bonds is 8. The maximum absolute atomic E-state index is 13.0. The molecule has 8 nitrogen and oxygen atoms in total. The molecule has 0 aliphatic carbocycles. The standard InChI is InChI=1S/C20H20FN3O5S/c1-24(28-2)30(26,27)17-9-7-16(8-10-17)23-19(25)11-12-20-22-13-18(29-20)14-3-5-15(21)6-4-14/h3-10,13H,11-12H2,1-2H3,(H,23,25). The molecule has 3 rings (SSSR count). The van der Waals surface area contributed by atoms with Gasteiger partial charge in [-0.05, 0) is 48.5 Å². The predicted molar refractivity (Wildman–Crippen MR) is 107 cm³/mol. The molecule has 158 valence electrons. The lowest BCUT2D eigenvalue weighted by atomic mass is 10.2. The van der Waals surface area contributed by atoms with Crippen LogP contribution in [0.4, 0.5) is 10.1 Å². The molecule has 0 aliphatic rings. The molecule has 3 aromatic rings. The zero-order valence-electron chi connectivity index (χ0n) is 16.3. The molecule has 0 atom stereocenters. The van der Waals surface area contributed by atoms with Crippen LogP contribution in [-0.4, -0.2) is 37.9 Å². The minimum absolute atomic E-state index is 0.0398. The van der Waals surface area contributed by atoms with Crippen LogP contribution in [0.5, 0.6) is 0 Å². The lowest BCUT2D eigenvalue weighted by molar-refractivity contribution is -0.116. The summed E-state index contributed by atoms with van der Waals surface area (Å²) in [5, 5.41) is 2.69. The summed E-state index contributed by atoms with van der Waals surface area (Å²) in [6.45, 7) is 0. The molecular weight excluding hydrogens is 413 g/mol. The van der Waals surface area contributed by atoms with Crippen molar-refractivity contribution in [2.24, 2.45) is 0 Å². The second-order valence-electron chi connectivity index (χ2n) is 6.30. The van der Waals surface area contributed by atoms with Crippen molar-refractivity contribution in [3.8, 4) is 11.3 Å². The largest absolute Gasteiger partial charge is 0.441 e. The number of halogens is 1. The average Bonchev–Trinajstić information content (AvgIpc) is 3.21. The van der Waals surface area contributed by atoms with Gasteiger partial charge < -0.3 is 9.73 Å². The zero-order valence-corrected chi connectivity index (χ0v) is 17.1. The van der Waals surface area contributed by atoms with E-state index in [4.69, 9.17) is 9.25 Å². The van der Waals surface area contributed by atoms with Gasteiger partial charge in [0.25, 0.3) is 10.0 Å². The first kappa shape index (κ1) is 21.6. The number of hydrogen-bond donors (Lipinski definition) is 1. The van der Waals surface area contributed by atoms with Crippen LogP contribution >= 0.6 is 0 Å². The summed E-state index contributed by atoms with van der Waals surface area (Å²) in [4.78, 5) is 21.1. The number of anilines is 1. The van der Waals surface area contributed by atoms with E-state index in [9.17, 15) is 17.6 Å². The smallest absolute Gasteiger partial charge is 0.264 e. The molecule has 0 radical (unpaired) electrons. The van der Waals surface area contributed by atoms with Crippen LogP contribution in [0, 0.1) is 5.82 Å². The highest BCUT2D eigenvalue weighted by atomic mass is 32.2. The Balaban J connectivity index is 1.56. The maximum atomic E-state index is 13.0. The van der Waals surface area contributed by atoms with Gasteiger partial charge in [-0.25, -0.2) is 17.8 Å². The second kappa shape index (κ2) is 9.16. The molecule has 1 aromatic heterocycles. The molecule has 30 heavy (non-hydrogen) atoms. The van der Waals surface area contributed by atoms with Crippen LogP contribution in [0.3, 0.4) is 0 Å². The number of hydroxylamine groups is 1. The number of carbonyl (C=O) groups is 1. The first-order valence-electron chi connectivity index (χ1n) is 8.93. The number of carbonyl (C=O) groups excluding carboxylic acids is 1. The van der Waals surface area contributed by atoms with Crippen molar-refractivity contribution in [3.05, 3.63) is 66.4 Å². The van der Waals surface area contributed by atoms with Gasteiger partial charge in [0.15, 0.2) is 11.7 Å². The predicted octanol–water partition coefficient (Wildman–Crippen LogP) is 3.23. The van der Waals surface area contributed by atoms with Gasteiger partial charge in [0.1, 0.15) is 5.82 Å². The zero-order chi connectivity index (χ0) is 21.7. The number of amides is 1. The van der Waals surface area contributed by atoms with E-state index < -0.39 is 10.0 Å².